The van der Waals surface area contributed by atoms with Crippen LogP contribution in [0.2, 0.25) is 0 Å². The SMILES string of the molecule is Br.COc1cccc(CCC[P+](c2ccccc2)(c2ccccc2)c2ccccc2)c1. The standard InChI is InChI=1S/C28H28OP.BrH/c1-29-25-15-11-13-24(23-25)14-12-22-30(26-16-5-2-6-17-26,27-18-7-3-8-19-27)28-20-9-4-10-21-28;/h2-11,13,15-21,23H,12,14,22H2,1H3;1H/q+1;. The fraction of sp³-hybridized carbons (Fsp3) is 0.143. The summed E-state index contributed by atoms with van der Waals surface area (Å²) in [4.78, 5) is 0. The molecule has 0 amide bonds. The maximum atomic E-state index is 5.42. The van der Waals surface area contributed by atoms with Gasteiger partial charge in [0.15, 0.2) is 0 Å². The molecule has 0 aliphatic heterocycles. The summed E-state index contributed by atoms with van der Waals surface area (Å²) in [5.74, 6) is 0.933. The zero-order valence-corrected chi connectivity index (χ0v) is 20.5. The molecule has 0 fully saturated rings. The number of methoxy groups -OCH3 is 1. The van der Waals surface area contributed by atoms with Crippen LogP contribution in [0.1, 0.15) is 12.0 Å². The molecule has 4 aromatic carbocycles. The van der Waals surface area contributed by atoms with Crippen molar-refractivity contribution < 1.29 is 4.74 Å². The monoisotopic (exact) mass is 491 g/mol. The van der Waals surface area contributed by atoms with E-state index in [1.54, 1.807) is 7.11 Å². The van der Waals surface area contributed by atoms with Crippen LogP contribution in [0.15, 0.2) is 115 Å². The predicted molar refractivity (Wildman–Crippen MR) is 142 cm³/mol. The van der Waals surface area contributed by atoms with Crippen molar-refractivity contribution in [2.75, 3.05) is 13.3 Å². The lowest BCUT2D eigenvalue weighted by Gasteiger charge is -2.27. The molecular weight excluding hydrogens is 463 g/mol. The third-order valence-corrected chi connectivity index (χ3v) is 10.2. The smallest absolute Gasteiger partial charge is 0.119 e. The molecular formula is C28H29BrOP+. The molecule has 1 nitrogen and oxygen atoms in total. The van der Waals surface area contributed by atoms with Crippen molar-refractivity contribution in [3.63, 3.8) is 0 Å². The number of rotatable bonds is 8. The molecule has 0 aliphatic rings. The summed E-state index contributed by atoms with van der Waals surface area (Å²) >= 11 is 0. The van der Waals surface area contributed by atoms with E-state index in [1.807, 2.05) is 6.07 Å². The second-order valence-electron chi connectivity index (χ2n) is 7.50. The molecule has 3 heteroatoms. The van der Waals surface area contributed by atoms with Crippen LogP contribution in [0, 0.1) is 0 Å². The van der Waals surface area contributed by atoms with Gasteiger partial charge in [-0.2, -0.15) is 0 Å². The predicted octanol–water partition coefficient (Wildman–Crippen LogP) is 6.20. The maximum Gasteiger partial charge on any atom is 0.119 e. The maximum absolute atomic E-state index is 5.42. The molecule has 31 heavy (non-hydrogen) atoms. The van der Waals surface area contributed by atoms with Crippen molar-refractivity contribution in [3.05, 3.63) is 121 Å². The first-order chi connectivity index (χ1) is 14.8. The molecule has 0 bridgehead atoms. The Hall–Kier alpha value is -2.41. The summed E-state index contributed by atoms with van der Waals surface area (Å²) in [6.45, 7) is 0. The number of ether oxygens (including phenoxy) is 1. The highest BCUT2D eigenvalue weighted by atomic mass is 79.9. The highest BCUT2D eigenvalue weighted by Crippen LogP contribution is 2.55. The molecule has 0 radical (unpaired) electrons. The average molecular weight is 492 g/mol. The van der Waals surface area contributed by atoms with Crippen molar-refractivity contribution >= 4 is 40.2 Å². The van der Waals surface area contributed by atoms with E-state index in [-0.39, 0.29) is 17.0 Å². The van der Waals surface area contributed by atoms with E-state index in [1.165, 1.54) is 21.5 Å². The molecule has 158 valence electrons. The van der Waals surface area contributed by atoms with Gasteiger partial charge in [0, 0.05) is 0 Å². The summed E-state index contributed by atoms with van der Waals surface area (Å²) in [6.07, 6.45) is 3.31. The molecule has 4 aromatic rings. The minimum absolute atomic E-state index is 0. The van der Waals surface area contributed by atoms with E-state index >= 15 is 0 Å². The van der Waals surface area contributed by atoms with E-state index < -0.39 is 7.26 Å². The minimum atomic E-state index is -1.74. The Labute approximate surface area is 197 Å². The minimum Gasteiger partial charge on any atom is -0.497 e. The molecule has 0 saturated heterocycles. The summed E-state index contributed by atoms with van der Waals surface area (Å²) in [5, 5.41) is 4.36. The number of benzene rings is 4. The van der Waals surface area contributed by atoms with Gasteiger partial charge in [0.25, 0.3) is 0 Å². The van der Waals surface area contributed by atoms with Crippen molar-refractivity contribution in [2.45, 2.75) is 12.8 Å². The second-order valence-corrected chi connectivity index (χ2v) is 11.1. The van der Waals surface area contributed by atoms with Crippen LogP contribution in [-0.4, -0.2) is 13.3 Å². The van der Waals surface area contributed by atoms with Gasteiger partial charge in [-0.05, 0) is 66.9 Å². The van der Waals surface area contributed by atoms with E-state index in [0.717, 1.165) is 24.8 Å². The number of aryl methyl sites for hydroxylation is 1. The Bertz CT molecular complexity index is 955. The van der Waals surface area contributed by atoms with Gasteiger partial charge in [-0.25, -0.2) is 0 Å². The van der Waals surface area contributed by atoms with Gasteiger partial charge in [-0.15, -0.1) is 17.0 Å². The fourth-order valence-electron chi connectivity index (χ4n) is 4.23. The van der Waals surface area contributed by atoms with Gasteiger partial charge in [-0.3, -0.25) is 0 Å². The average Bonchev–Trinajstić information content (AvgIpc) is 2.84. The molecule has 0 aliphatic carbocycles. The first-order valence-electron chi connectivity index (χ1n) is 10.5. The van der Waals surface area contributed by atoms with Crippen molar-refractivity contribution in [2.24, 2.45) is 0 Å². The van der Waals surface area contributed by atoms with E-state index in [4.69, 9.17) is 4.74 Å². The van der Waals surface area contributed by atoms with E-state index in [0.29, 0.717) is 0 Å². The first kappa shape index (κ1) is 23.3. The topological polar surface area (TPSA) is 9.23 Å². The lowest BCUT2D eigenvalue weighted by Crippen LogP contribution is -2.33. The van der Waals surface area contributed by atoms with Gasteiger partial charge in [0.2, 0.25) is 0 Å². The zero-order chi connectivity index (χ0) is 20.7. The summed E-state index contributed by atoms with van der Waals surface area (Å²) in [5.41, 5.74) is 1.33. The molecule has 0 spiro atoms. The van der Waals surface area contributed by atoms with Crippen molar-refractivity contribution in [1.29, 1.82) is 0 Å². The van der Waals surface area contributed by atoms with Crippen molar-refractivity contribution in [1.82, 2.24) is 0 Å². The highest BCUT2D eigenvalue weighted by molar-refractivity contribution is 8.93. The van der Waals surface area contributed by atoms with Crippen LogP contribution in [0.5, 0.6) is 5.75 Å². The number of halogens is 1. The second kappa shape index (κ2) is 11.3. The molecule has 0 heterocycles. The fourth-order valence-corrected chi connectivity index (χ4v) is 8.58. The Morgan fingerprint density at radius 3 is 1.55 bits per heavy atom. The molecule has 0 atom stereocenters. The molecule has 0 saturated carbocycles. The Balaban J connectivity index is 0.00000272. The lowest BCUT2D eigenvalue weighted by molar-refractivity contribution is 0.414. The van der Waals surface area contributed by atoms with Gasteiger partial charge in [0.1, 0.15) is 28.9 Å². The number of hydrogen-bond donors (Lipinski definition) is 0. The van der Waals surface area contributed by atoms with E-state index in [2.05, 4.69) is 109 Å². The van der Waals surface area contributed by atoms with Crippen LogP contribution < -0.4 is 20.7 Å². The zero-order valence-electron chi connectivity index (χ0n) is 17.9. The third kappa shape index (κ3) is 5.26. The van der Waals surface area contributed by atoms with Crippen LogP contribution in [0.3, 0.4) is 0 Å². The quantitative estimate of drug-likeness (QED) is 0.266. The largest absolute Gasteiger partial charge is 0.497 e. The first-order valence-corrected chi connectivity index (χ1v) is 12.5. The van der Waals surface area contributed by atoms with Crippen molar-refractivity contribution in [3.8, 4) is 5.75 Å². The van der Waals surface area contributed by atoms with Gasteiger partial charge in [-0.1, -0.05) is 66.7 Å². The van der Waals surface area contributed by atoms with Crippen LogP contribution in [-0.2, 0) is 6.42 Å². The highest BCUT2D eigenvalue weighted by Gasteiger charge is 2.44. The summed E-state index contributed by atoms with van der Waals surface area (Å²) in [6, 6.07) is 41.8. The Morgan fingerprint density at radius 1 is 0.613 bits per heavy atom. The van der Waals surface area contributed by atoms with Gasteiger partial charge >= 0.3 is 0 Å². The lowest BCUT2D eigenvalue weighted by atomic mass is 10.1. The normalized spacial score (nSPS) is 10.9. The molecule has 0 N–H and O–H groups in total. The third-order valence-electron chi connectivity index (χ3n) is 5.68. The molecule has 0 unspecified atom stereocenters. The number of hydrogen-bond acceptors (Lipinski definition) is 1. The molecule has 0 aromatic heterocycles. The Morgan fingerprint density at radius 2 is 1.10 bits per heavy atom. The van der Waals surface area contributed by atoms with Crippen LogP contribution in [0.25, 0.3) is 0 Å². The summed E-state index contributed by atoms with van der Waals surface area (Å²) < 4.78 is 5.42. The summed E-state index contributed by atoms with van der Waals surface area (Å²) in [7, 11) is -0.00824. The van der Waals surface area contributed by atoms with Crippen LogP contribution in [0.4, 0.5) is 0 Å². The van der Waals surface area contributed by atoms with E-state index in [9.17, 15) is 0 Å². The Kier molecular flexibility index (Phi) is 8.46. The van der Waals surface area contributed by atoms with Gasteiger partial charge < -0.3 is 4.74 Å². The van der Waals surface area contributed by atoms with Crippen LogP contribution >= 0.6 is 24.2 Å². The molecule has 4 rings (SSSR count). The van der Waals surface area contributed by atoms with Gasteiger partial charge in [0.05, 0.1) is 13.3 Å².